The molecule has 1 aliphatic heterocycles. The first-order valence-electron chi connectivity index (χ1n) is 13.7. The first-order chi connectivity index (χ1) is 17.9. The monoisotopic (exact) mass is 505 g/mol. The number of fused-ring (bicyclic) bond motifs is 4. The lowest BCUT2D eigenvalue weighted by molar-refractivity contribution is -0.132. The first kappa shape index (κ1) is 24.2. The Kier molecular flexibility index (Phi) is 6.08. The fraction of sp³-hybridized carbons (Fsp3) is 0.586. The molecule has 196 valence electrons. The van der Waals surface area contributed by atoms with E-state index in [1.165, 1.54) is 6.42 Å². The summed E-state index contributed by atoms with van der Waals surface area (Å²) in [5.74, 6) is 1.86. The topological polar surface area (TPSA) is 109 Å². The number of rotatable bonds is 8. The number of likely N-dealkylation sites (tertiary alicyclic amines) is 1. The molecule has 4 aliphatic rings. The molecule has 2 aromatic rings. The standard InChI is InChI=1S/C29H35N3O5/c1-3-24(33)22(12-15-6-4-8-25(15)34)31-28(35)27-18-11-16-10-17(16)20(18)14-32(27)29(36)23-13-19-21(30-23)7-5-9-26(19)37-2/h5,7,9,13,15-18,20,22,27,30H,3-4,6,8,10-12,14H2,1-2H3,(H,31,35). The zero-order valence-corrected chi connectivity index (χ0v) is 21.5. The van der Waals surface area contributed by atoms with Gasteiger partial charge in [0, 0.05) is 36.2 Å². The van der Waals surface area contributed by atoms with Crippen LogP contribution in [0.15, 0.2) is 24.3 Å². The van der Waals surface area contributed by atoms with Crippen LogP contribution in [0.1, 0.15) is 62.4 Å². The smallest absolute Gasteiger partial charge is 0.271 e. The van der Waals surface area contributed by atoms with Crippen molar-refractivity contribution in [3.05, 3.63) is 30.0 Å². The Balaban J connectivity index is 1.27. The summed E-state index contributed by atoms with van der Waals surface area (Å²) in [5.41, 5.74) is 1.24. The minimum absolute atomic E-state index is 0.0579. The molecule has 7 unspecified atom stereocenters. The number of carbonyl (C=O) groups is 4. The van der Waals surface area contributed by atoms with E-state index in [2.05, 4.69) is 10.3 Å². The molecule has 1 aromatic heterocycles. The molecule has 1 aromatic carbocycles. The molecule has 37 heavy (non-hydrogen) atoms. The van der Waals surface area contributed by atoms with Gasteiger partial charge in [-0.2, -0.15) is 0 Å². The van der Waals surface area contributed by atoms with Gasteiger partial charge >= 0.3 is 0 Å². The van der Waals surface area contributed by atoms with E-state index in [1.54, 1.807) is 25.0 Å². The number of amides is 2. The van der Waals surface area contributed by atoms with Gasteiger partial charge in [-0.3, -0.25) is 19.2 Å². The zero-order chi connectivity index (χ0) is 25.8. The lowest BCUT2D eigenvalue weighted by Crippen LogP contribution is -2.53. The van der Waals surface area contributed by atoms with E-state index in [-0.39, 0.29) is 35.2 Å². The van der Waals surface area contributed by atoms with Crippen molar-refractivity contribution >= 4 is 34.3 Å². The van der Waals surface area contributed by atoms with Gasteiger partial charge < -0.3 is 19.9 Å². The molecule has 1 saturated heterocycles. The minimum Gasteiger partial charge on any atom is -0.496 e. The second-order valence-corrected chi connectivity index (χ2v) is 11.4. The van der Waals surface area contributed by atoms with Crippen LogP contribution in [0.25, 0.3) is 10.9 Å². The summed E-state index contributed by atoms with van der Waals surface area (Å²) in [4.78, 5) is 57.7. The zero-order valence-electron chi connectivity index (χ0n) is 21.5. The Bertz CT molecular complexity index is 1270. The summed E-state index contributed by atoms with van der Waals surface area (Å²) in [5, 5.41) is 3.84. The van der Waals surface area contributed by atoms with Gasteiger partial charge in [0.1, 0.15) is 23.3 Å². The molecule has 6 rings (SSSR count). The fourth-order valence-electron chi connectivity index (χ4n) is 7.43. The highest BCUT2D eigenvalue weighted by Gasteiger charge is 2.62. The van der Waals surface area contributed by atoms with E-state index in [0.29, 0.717) is 55.0 Å². The molecule has 3 saturated carbocycles. The van der Waals surface area contributed by atoms with Crippen LogP contribution < -0.4 is 10.1 Å². The number of Topliss-reactive ketones (excluding diaryl/α,β-unsaturated/α-hetero) is 2. The van der Waals surface area contributed by atoms with E-state index in [0.717, 1.165) is 30.2 Å². The fourth-order valence-corrected chi connectivity index (χ4v) is 7.43. The molecule has 8 heteroatoms. The molecule has 0 spiro atoms. The summed E-state index contributed by atoms with van der Waals surface area (Å²) in [6, 6.07) is 6.13. The maximum Gasteiger partial charge on any atom is 0.271 e. The molecule has 2 heterocycles. The van der Waals surface area contributed by atoms with Crippen molar-refractivity contribution in [2.24, 2.45) is 29.6 Å². The van der Waals surface area contributed by atoms with Crippen molar-refractivity contribution in [1.82, 2.24) is 15.2 Å². The van der Waals surface area contributed by atoms with Crippen LogP contribution in [0.2, 0.25) is 0 Å². The third-order valence-corrected chi connectivity index (χ3v) is 9.41. The quantitative estimate of drug-likeness (QED) is 0.571. The summed E-state index contributed by atoms with van der Waals surface area (Å²) >= 11 is 0. The summed E-state index contributed by atoms with van der Waals surface area (Å²) in [6.07, 6.45) is 4.96. The van der Waals surface area contributed by atoms with Crippen molar-refractivity contribution in [2.45, 2.75) is 64.0 Å². The Hall–Kier alpha value is -3.16. The number of nitrogens with zero attached hydrogens (tertiary/aromatic N) is 1. The largest absolute Gasteiger partial charge is 0.496 e. The van der Waals surface area contributed by atoms with Crippen molar-refractivity contribution in [2.75, 3.05) is 13.7 Å². The summed E-state index contributed by atoms with van der Waals surface area (Å²) < 4.78 is 5.46. The highest BCUT2D eigenvalue weighted by atomic mass is 16.5. The van der Waals surface area contributed by atoms with E-state index in [1.807, 2.05) is 18.2 Å². The van der Waals surface area contributed by atoms with Crippen LogP contribution in [0.5, 0.6) is 5.75 Å². The molecule has 7 atom stereocenters. The molecule has 2 N–H and O–H groups in total. The van der Waals surface area contributed by atoms with Crippen molar-refractivity contribution in [1.29, 1.82) is 0 Å². The highest BCUT2D eigenvalue weighted by molar-refractivity contribution is 6.02. The number of carbonyl (C=O) groups excluding carboxylic acids is 4. The van der Waals surface area contributed by atoms with Gasteiger partial charge in [-0.1, -0.05) is 13.0 Å². The van der Waals surface area contributed by atoms with Gasteiger partial charge in [-0.05, 0) is 74.0 Å². The lowest BCUT2D eigenvalue weighted by atomic mass is 9.88. The van der Waals surface area contributed by atoms with Gasteiger partial charge in [0.15, 0.2) is 5.78 Å². The number of aromatic nitrogens is 1. The van der Waals surface area contributed by atoms with E-state index < -0.39 is 12.1 Å². The van der Waals surface area contributed by atoms with Crippen LogP contribution in [-0.2, 0) is 14.4 Å². The molecule has 2 amide bonds. The average molecular weight is 506 g/mol. The van der Waals surface area contributed by atoms with Crippen LogP contribution in [0.3, 0.4) is 0 Å². The number of ether oxygens (including phenoxy) is 1. The number of methoxy groups -OCH3 is 1. The van der Waals surface area contributed by atoms with E-state index in [9.17, 15) is 19.2 Å². The molecule has 3 aliphatic carbocycles. The average Bonchev–Trinajstić information content (AvgIpc) is 3.25. The number of benzene rings is 1. The SMILES string of the molecule is CCC(=O)C(CC1CCCC1=O)NC(=O)C1C2CC3CC3C2CN1C(=O)c1cc2c(OC)cccc2[nH]1. The van der Waals surface area contributed by atoms with E-state index >= 15 is 0 Å². The molecule has 4 fully saturated rings. The van der Waals surface area contributed by atoms with Gasteiger partial charge in [0.05, 0.1) is 13.2 Å². The summed E-state index contributed by atoms with van der Waals surface area (Å²) in [7, 11) is 1.60. The second kappa shape index (κ2) is 9.30. The first-order valence-corrected chi connectivity index (χ1v) is 13.7. The van der Waals surface area contributed by atoms with Gasteiger partial charge in [-0.25, -0.2) is 0 Å². The van der Waals surface area contributed by atoms with Crippen molar-refractivity contribution in [3.63, 3.8) is 0 Å². The number of aromatic amines is 1. The number of nitrogens with one attached hydrogen (secondary N) is 2. The second-order valence-electron chi connectivity index (χ2n) is 11.4. The van der Waals surface area contributed by atoms with Crippen molar-refractivity contribution < 1.29 is 23.9 Å². The Labute approximate surface area is 216 Å². The van der Waals surface area contributed by atoms with Gasteiger partial charge in [0.2, 0.25) is 5.91 Å². The van der Waals surface area contributed by atoms with Gasteiger partial charge in [-0.15, -0.1) is 0 Å². The van der Waals surface area contributed by atoms with Crippen LogP contribution in [0, 0.1) is 29.6 Å². The predicted molar refractivity (Wildman–Crippen MR) is 137 cm³/mol. The Morgan fingerprint density at radius 1 is 1.19 bits per heavy atom. The number of hydrogen-bond donors (Lipinski definition) is 2. The van der Waals surface area contributed by atoms with Crippen molar-refractivity contribution in [3.8, 4) is 5.75 Å². The Morgan fingerprint density at radius 2 is 2.00 bits per heavy atom. The maximum absolute atomic E-state index is 13.8. The third-order valence-electron chi connectivity index (χ3n) is 9.41. The Morgan fingerprint density at radius 3 is 2.73 bits per heavy atom. The molecule has 8 nitrogen and oxygen atoms in total. The molecular weight excluding hydrogens is 470 g/mol. The number of hydrogen-bond acceptors (Lipinski definition) is 5. The van der Waals surface area contributed by atoms with Crippen LogP contribution >= 0.6 is 0 Å². The van der Waals surface area contributed by atoms with E-state index in [4.69, 9.17) is 4.74 Å². The summed E-state index contributed by atoms with van der Waals surface area (Å²) in [6.45, 7) is 2.34. The number of ketones is 2. The number of H-pyrrole nitrogens is 1. The van der Waals surface area contributed by atoms with Gasteiger partial charge in [0.25, 0.3) is 5.91 Å². The highest BCUT2D eigenvalue weighted by Crippen LogP contribution is 2.62. The lowest BCUT2D eigenvalue weighted by Gasteiger charge is -2.29. The normalized spacial score (nSPS) is 30.8. The molecular formula is C29H35N3O5. The minimum atomic E-state index is -0.686. The van der Waals surface area contributed by atoms with Crippen LogP contribution in [0.4, 0.5) is 0 Å². The molecule has 0 radical (unpaired) electrons. The maximum atomic E-state index is 13.8. The third kappa shape index (κ3) is 4.14. The predicted octanol–water partition coefficient (Wildman–Crippen LogP) is 3.50. The molecule has 0 bridgehead atoms. The van der Waals surface area contributed by atoms with Crippen LogP contribution in [-0.4, -0.2) is 59.0 Å².